The lowest BCUT2D eigenvalue weighted by molar-refractivity contribution is -0.137. The van der Waals surface area contributed by atoms with Gasteiger partial charge in [0.05, 0.1) is 35.0 Å². The maximum Gasteiger partial charge on any atom is 0.416 e. The number of anilines is 2. The quantitative estimate of drug-likeness (QED) is 0.218. The molecule has 1 aliphatic carbocycles. The van der Waals surface area contributed by atoms with Gasteiger partial charge in [0.15, 0.2) is 0 Å². The van der Waals surface area contributed by atoms with E-state index in [1.165, 1.54) is 12.1 Å². The van der Waals surface area contributed by atoms with E-state index in [0.29, 0.717) is 12.0 Å². The van der Waals surface area contributed by atoms with Crippen LogP contribution in [-0.2, 0) is 6.18 Å². The molecule has 41 heavy (non-hydrogen) atoms. The van der Waals surface area contributed by atoms with E-state index in [4.69, 9.17) is 4.98 Å². The Kier molecular flexibility index (Phi) is 6.69. The third-order valence-corrected chi connectivity index (χ3v) is 7.23. The van der Waals surface area contributed by atoms with Crippen molar-refractivity contribution in [2.45, 2.75) is 44.9 Å². The minimum absolute atomic E-state index is 0.0440. The normalized spacial score (nSPS) is 14.2. The zero-order valence-corrected chi connectivity index (χ0v) is 22.4. The number of carbonyl (C=O) groups excluding carboxylic acids is 1. The van der Waals surface area contributed by atoms with Gasteiger partial charge in [0.2, 0.25) is 5.95 Å². The van der Waals surface area contributed by atoms with Crippen LogP contribution in [0.4, 0.5) is 24.8 Å². The largest absolute Gasteiger partial charge is 0.416 e. The van der Waals surface area contributed by atoms with Gasteiger partial charge >= 0.3 is 6.18 Å². The third-order valence-electron chi connectivity index (χ3n) is 7.23. The van der Waals surface area contributed by atoms with Crippen LogP contribution in [0.3, 0.4) is 0 Å². The molecule has 0 radical (unpaired) electrons. The number of halogens is 3. The molecule has 5 aromatic rings. The second kappa shape index (κ2) is 10.3. The summed E-state index contributed by atoms with van der Waals surface area (Å²) in [7, 11) is 0. The molecule has 0 aliphatic heterocycles. The van der Waals surface area contributed by atoms with Gasteiger partial charge in [-0.15, -0.1) is 0 Å². The highest BCUT2D eigenvalue weighted by molar-refractivity contribution is 5.94. The Balaban J connectivity index is 1.22. The number of rotatable bonds is 7. The molecule has 10 heteroatoms. The molecule has 6 rings (SSSR count). The van der Waals surface area contributed by atoms with Crippen LogP contribution in [0, 0.1) is 6.92 Å². The first kappa shape index (κ1) is 26.5. The van der Waals surface area contributed by atoms with Crippen molar-refractivity contribution < 1.29 is 18.0 Å². The molecule has 1 saturated carbocycles. The zero-order valence-electron chi connectivity index (χ0n) is 22.4. The van der Waals surface area contributed by atoms with Gasteiger partial charge < -0.3 is 10.6 Å². The fourth-order valence-electron chi connectivity index (χ4n) is 4.74. The minimum Gasteiger partial charge on any atom is -0.346 e. The molecule has 3 aromatic carbocycles. The topological polar surface area (TPSA) is 84.7 Å². The molecule has 1 amide bonds. The number of carbonyl (C=O) groups is 1. The maximum atomic E-state index is 13.1. The van der Waals surface area contributed by atoms with E-state index in [1.807, 2.05) is 54.2 Å². The van der Waals surface area contributed by atoms with Crippen molar-refractivity contribution in [2.24, 2.45) is 0 Å². The first-order valence-corrected chi connectivity index (χ1v) is 13.3. The van der Waals surface area contributed by atoms with Crippen LogP contribution in [0.25, 0.3) is 22.0 Å². The van der Waals surface area contributed by atoms with E-state index >= 15 is 0 Å². The lowest BCUT2D eigenvalue weighted by Gasteiger charge is -2.17. The number of nitrogens with zero attached hydrogens (tertiary/aromatic N) is 4. The summed E-state index contributed by atoms with van der Waals surface area (Å²) >= 11 is 0. The average Bonchev–Trinajstić information content (AvgIpc) is 3.71. The van der Waals surface area contributed by atoms with Crippen LogP contribution in [0.5, 0.6) is 0 Å². The van der Waals surface area contributed by atoms with E-state index in [0.717, 1.165) is 63.8 Å². The Bertz CT molecular complexity index is 1760. The standard InChI is InChI=1S/C31H27F3N6O/c1-18-6-7-20(19(2)37-29(41)22-4-3-5-24(12-22)31(32,33)34)13-27(18)21-8-9-23-15-35-30(39-28(23)14-21)38-25-16-36-40(17-25)26-10-11-26/h3-9,12-17,19,26H,10-11H2,1-2H3,(H,37,41)(H,35,38,39). The summed E-state index contributed by atoms with van der Waals surface area (Å²) in [4.78, 5) is 21.9. The van der Waals surface area contributed by atoms with Crippen molar-refractivity contribution >= 4 is 28.4 Å². The minimum atomic E-state index is -4.52. The number of hydrogen-bond acceptors (Lipinski definition) is 5. The van der Waals surface area contributed by atoms with Crippen molar-refractivity contribution in [1.29, 1.82) is 0 Å². The SMILES string of the molecule is Cc1ccc(C(C)NC(=O)c2cccc(C(F)(F)F)c2)cc1-c1ccc2cnc(Nc3cnn(C4CC4)c3)nc2c1. The van der Waals surface area contributed by atoms with E-state index in [9.17, 15) is 18.0 Å². The van der Waals surface area contributed by atoms with Gasteiger partial charge in [-0.05, 0) is 79.3 Å². The van der Waals surface area contributed by atoms with Gasteiger partial charge in [-0.25, -0.2) is 9.97 Å². The number of nitrogens with one attached hydrogen (secondary N) is 2. The fourth-order valence-corrected chi connectivity index (χ4v) is 4.74. The number of hydrogen-bond donors (Lipinski definition) is 2. The number of aromatic nitrogens is 4. The Morgan fingerprint density at radius 3 is 2.66 bits per heavy atom. The second-order valence-electron chi connectivity index (χ2n) is 10.4. The first-order chi connectivity index (χ1) is 19.6. The molecule has 1 fully saturated rings. The van der Waals surface area contributed by atoms with Gasteiger partial charge in [0.1, 0.15) is 0 Å². The Hall–Kier alpha value is -4.73. The lowest BCUT2D eigenvalue weighted by Crippen LogP contribution is -2.27. The highest BCUT2D eigenvalue weighted by atomic mass is 19.4. The summed E-state index contributed by atoms with van der Waals surface area (Å²) in [5, 5.41) is 11.3. The van der Waals surface area contributed by atoms with E-state index in [2.05, 4.69) is 20.7 Å². The third kappa shape index (κ3) is 5.77. The smallest absolute Gasteiger partial charge is 0.346 e. The number of amides is 1. The van der Waals surface area contributed by atoms with Crippen molar-refractivity contribution in [3.63, 3.8) is 0 Å². The number of alkyl halides is 3. The number of benzene rings is 3. The van der Waals surface area contributed by atoms with E-state index in [-0.39, 0.29) is 5.56 Å². The highest BCUT2D eigenvalue weighted by Gasteiger charge is 2.31. The fraction of sp³-hybridized carbons (Fsp3) is 0.226. The molecule has 1 aliphatic rings. The van der Waals surface area contributed by atoms with Gasteiger partial charge in [0.25, 0.3) is 5.91 Å². The highest BCUT2D eigenvalue weighted by Crippen LogP contribution is 2.35. The predicted octanol–water partition coefficient (Wildman–Crippen LogP) is 7.39. The van der Waals surface area contributed by atoms with Crippen molar-refractivity contribution in [1.82, 2.24) is 25.1 Å². The monoisotopic (exact) mass is 556 g/mol. The summed E-state index contributed by atoms with van der Waals surface area (Å²) in [5.41, 5.74) is 4.46. The molecule has 2 aromatic heterocycles. The molecule has 0 saturated heterocycles. The Morgan fingerprint density at radius 1 is 1.05 bits per heavy atom. The molecule has 2 heterocycles. The molecule has 7 nitrogen and oxygen atoms in total. The number of fused-ring (bicyclic) bond motifs is 1. The van der Waals surface area contributed by atoms with Gasteiger partial charge in [-0.2, -0.15) is 18.3 Å². The summed E-state index contributed by atoms with van der Waals surface area (Å²) in [6.07, 6.45) is 3.28. The molecule has 208 valence electrons. The predicted molar refractivity (Wildman–Crippen MR) is 151 cm³/mol. The second-order valence-corrected chi connectivity index (χ2v) is 10.4. The van der Waals surface area contributed by atoms with Crippen LogP contribution >= 0.6 is 0 Å². The average molecular weight is 557 g/mol. The van der Waals surface area contributed by atoms with Crippen LogP contribution in [0.15, 0.2) is 79.3 Å². The van der Waals surface area contributed by atoms with Crippen LogP contribution in [0.2, 0.25) is 0 Å². The maximum absolute atomic E-state index is 13.1. The van der Waals surface area contributed by atoms with Crippen molar-refractivity contribution in [3.05, 3.63) is 102 Å². The summed E-state index contributed by atoms with van der Waals surface area (Å²) in [5.74, 6) is -0.0998. The zero-order chi connectivity index (χ0) is 28.7. The van der Waals surface area contributed by atoms with Crippen LogP contribution in [-0.4, -0.2) is 25.7 Å². The molecule has 2 N–H and O–H groups in total. The van der Waals surface area contributed by atoms with Crippen molar-refractivity contribution in [2.75, 3.05) is 5.32 Å². The molecule has 1 unspecified atom stereocenters. The number of aryl methyl sites for hydroxylation is 1. The van der Waals surface area contributed by atoms with Crippen LogP contribution in [0.1, 0.15) is 58.9 Å². The summed E-state index contributed by atoms with van der Waals surface area (Å²) in [6.45, 7) is 3.80. The van der Waals surface area contributed by atoms with E-state index in [1.54, 1.807) is 19.3 Å². The molecule has 0 bridgehead atoms. The van der Waals surface area contributed by atoms with Crippen molar-refractivity contribution in [3.8, 4) is 11.1 Å². The molecular formula is C31H27F3N6O. The summed E-state index contributed by atoms with van der Waals surface area (Å²) in [6, 6.07) is 16.3. The molecule has 1 atom stereocenters. The summed E-state index contributed by atoms with van der Waals surface area (Å²) < 4.78 is 41.3. The molecule has 0 spiro atoms. The van der Waals surface area contributed by atoms with Gasteiger partial charge in [0, 0.05) is 23.3 Å². The lowest BCUT2D eigenvalue weighted by atomic mass is 9.95. The first-order valence-electron chi connectivity index (χ1n) is 13.3. The van der Waals surface area contributed by atoms with Crippen LogP contribution < -0.4 is 10.6 Å². The Morgan fingerprint density at radius 2 is 1.88 bits per heavy atom. The molecular weight excluding hydrogens is 529 g/mol. The Labute approximate surface area is 234 Å². The van der Waals surface area contributed by atoms with Gasteiger partial charge in [-0.1, -0.05) is 30.3 Å². The van der Waals surface area contributed by atoms with Gasteiger partial charge in [-0.3, -0.25) is 9.48 Å². The van der Waals surface area contributed by atoms with E-state index < -0.39 is 23.7 Å².